The zero-order valence-corrected chi connectivity index (χ0v) is 12.9. The van der Waals surface area contributed by atoms with Crippen LogP contribution in [0.25, 0.3) is 0 Å². The number of aliphatic hydroxyl groups excluding tert-OH is 1. The minimum absolute atomic E-state index is 0.159. The van der Waals surface area contributed by atoms with Gasteiger partial charge in [0.15, 0.2) is 0 Å². The minimum Gasteiger partial charge on any atom is -0.396 e. The van der Waals surface area contributed by atoms with Gasteiger partial charge in [-0.25, -0.2) is 4.39 Å². The summed E-state index contributed by atoms with van der Waals surface area (Å²) in [5.41, 5.74) is 0.299. The van der Waals surface area contributed by atoms with E-state index < -0.39 is 5.41 Å². The summed E-state index contributed by atoms with van der Waals surface area (Å²) in [5, 5.41) is 9.24. The Morgan fingerprint density at radius 1 is 1.27 bits per heavy atom. The second kappa shape index (κ2) is 6.37. The summed E-state index contributed by atoms with van der Waals surface area (Å²) in [4.78, 5) is 15.1. The van der Waals surface area contributed by atoms with E-state index in [1.54, 1.807) is 6.07 Å². The first-order valence-corrected chi connectivity index (χ1v) is 8.32. The molecule has 1 saturated heterocycles. The largest absolute Gasteiger partial charge is 0.396 e. The normalized spacial score (nSPS) is 22.0. The van der Waals surface area contributed by atoms with E-state index in [2.05, 4.69) is 0 Å². The molecule has 22 heavy (non-hydrogen) atoms. The molecule has 1 aromatic rings. The number of hydrogen-bond donors (Lipinski definition) is 1. The summed E-state index contributed by atoms with van der Waals surface area (Å²) in [6, 6.07) is 6.57. The monoisotopic (exact) mass is 305 g/mol. The van der Waals surface area contributed by atoms with E-state index >= 15 is 0 Å². The van der Waals surface area contributed by atoms with Crippen molar-refractivity contribution in [2.45, 2.75) is 43.9 Å². The molecular weight excluding hydrogens is 281 g/mol. The molecular formula is C18H24FNO2. The predicted molar refractivity (Wildman–Crippen MR) is 82.9 cm³/mol. The molecule has 120 valence electrons. The van der Waals surface area contributed by atoms with Crippen LogP contribution in [-0.4, -0.2) is 35.6 Å². The number of piperidine rings is 1. The maximum Gasteiger partial charge on any atom is 0.233 e. The van der Waals surface area contributed by atoms with E-state index in [1.165, 1.54) is 12.1 Å². The molecule has 0 aromatic heterocycles. The van der Waals surface area contributed by atoms with Crippen molar-refractivity contribution in [1.29, 1.82) is 0 Å². The topological polar surface area (TPSA) is 40.5 Å². The highest BCUT2D eigenvalue weighted by atomic mass is 19.1. The molecule has 3 nitrogen and oxygen atoms in total. The van der Waals surface area contributed by atoms with Gasteiger partial charge in [0, 0.05) is 19.7 Å². The molecule has 1 N–H and O–H groups in total. The number of rotatable bonds is 3. The molecule has 1 saturated carbocycles. The van der Waals surface area contributed by atoms with Gasteiger partial charge in [-0.3, -0.25) is 4.79 Å². The van der Waals surface area contributed by atoms with Gasteiger partial charge < -0.3 is 10.0 Å². The highest BCUT2D eigenvalue weighted by Crippen LogP contribution is 2.43. The number of hydrogen-bond acceptors (Lipinski definition) is 2. The van der Waals surface area contributed by atoms with Crippen LogP contribution < -0.4 is 0 Å². The minimum atomic E-state index is -0.534. The zero-order chi connectivity index (χ0) is 15.6. The molecule has 0 spiro atoms. The van der Waals surface area contributed by atoms with Gasteiger partial charge in [0.25, 0.3) is 0 Å². The Kier molecular flexibility index (Phi) is 4.48. The fourth-order valence-corrected chi connectivity index (χ4v) is 4.01. The summed E-state index contributed by atoms with van der Waals surface area (Å²) in [6.07, 6.45) is 5.40. The van der Waals surface area contributed by atoms with E-state index in [0.717, 1.165) is 44.1 Å². The van der Waals surface area contributed by atoms with Crippen molar-refractivity contribution in [3.05, 3.63) is 35.6 Å². The van der Waals surface area contributed by atoms with Crippen LogP contribution in [0.5, 0.6) is 0 Å². The Morgan fingerprint density at radius 3 is 2.55 bits per heavy atom. The second-order valence-corrected chi connectivity index (χ2v) is 6.72. The standard InChI is InChI=1S/C18H24FNO2/c19-16-5-3-4-15(12-16)18(8-1-2-9-18)17(22)20-10-6-14(13-21)7-11-20/h3-5,12,14,21H,1-2,6-11,13H2. The van der Waals surface area contributed by atoms with Crippen LogP contribution in [0.4, 0.5) is 4.39 Å². The lowest BCUT2D eigenvalue weighted by Crippen LogP contribution is -2.48. The molecule has 3 rings (SSSR count). The van der Waals surface area contributed by atoms with E-state index in [9.17, 15) is 14.3 Å². The van der Waals surface area contributed by atoms with Crippen LogP contribution in [0.15, 0.2) is 24.3 Å². The number of carbonyl (C=O) groups excluding carboxylic acids is 1. The first kappa shape index (κ1) is 15.5. The maximum atomic E-state index is 13.6. The van der Waals surface area contributed by atoms with Gasteiger partial charge in [-0.2, -0.15) is 0 Å². The van der Waals surface area contributed by atoms with E-state index in [1.807, 2.05) is 11.0 Å². The SMILES string of the molecule is O=C(N1CCC(CO)CC1)C1(c2cccc(F)c2)CCCC1. The highest BCUT2D eigenvalue weighted by Gasteiger charge is 2.45. The third kappa shape index (κ3) is 2.76. The third-order valence-corrected chi connectivity index (χ3v) is 5.40. The Balaban J connectivity index is 1.83. The number of halogens is 1. The fraction of sp³-hybridized carbons (Fsp3) is 0.611. The average Bonchev–Trinajstić information content (AvgIpc) is 3.05. The molecule has 0 atom stereocenters. The molecule has 2 fully saturated rings. The molecule has 1 aliphatic carbocycles. The number of benzene rings is 1. The van der Waals surface area contributed by atoms with Crippen LogP contribution in [-0.2, 0) is 10.2 Å². The molecule has 0 bridgehead atoms. The number of nitrogens with zero attached hydrogens (tertiary/aromatic N) is 1. The maximum absolute atomic E-state index is 13.6. The molecule has 0 unspecified atom stereocenters. The first-order chi connectivity index (χ1) is 10.7. The molecule has 0 radical (unpaired) electrons. The molecule has 1 aliphatic heterocycles. The summed E-state index contributed by atoms with van der Waals surface area (Å²) in [5.74, 6) is 0.209. The summed E-state index contributed by atoms with van der Waals surface area (Å²) >= 11 is 0. The zero-order valence-electron chi connectivity index (χ0n) is 12.9. The van der Waals surface area contributed by atoms with Gasteiger partial charge in [0.1, 0.15) is 5.82 Å². The Labute approximate surface area is 131 Å². The molecule has 1 amide bonds. The number of likely N-dealkylation sites (tertiary alicyclic amines) is 1. The van der Waals surface area contributed by atoms with Crippen LogP contribution in [0.3, 0.4) is 0 Å². The predicted octanol–water partition coefficient (Wildman–Crippen LogP) is 2.87. The van der Waals surface area contributed by atoms with Crippen molar-refractivity contribution in [2.75, 3.05) is 19.7 Å². The van der Waals surface area contributed by atoms with Gasteiger partial charge in [0.2, 0.25) is 5.91 Å². The quantitative estimate of drug-likeness (QED) is 0.933. The Morgan fingerprint density at radius 2 is 1.95 bits per heavy atom. The summed E-state index contributed by atoms with van der Waals surface area (Å²) < 4.78 is 13.6. The van der Waals surface area contributed by atoms with Gasteiger partial charge in [-0.05, 0) is 49.3 Å². The van der Waals surface area contributed by atoms with Crippen molar-refractivity contribution in [3.63, 3.8) is 0 Å². The lowest BCUT2D eigenvalue weighted by Gasteiger charge is -2.38. The average molecular weight is 305 g/mol. The number of carbonyl (C=O) groups is 1. The van der Waals surface area contributed by atoms with Crippen LogP contribution in [0, 0.1) is 11.7 Å². The van der Waals surface area contributed by atoms with Crippen molar-refractivity contribution in [2.24, 2.45) is 5.92 Å². The van der Waals surface area contributed by atoms with Gasteiger partial charge in [-0.15, -0.1) is 0 Å². The Bertz CT molecular complexity index is 532. The van der Waals surface area contributed by atoms with E-state index in [4.69, 9.17) is 0 Å². The van der Waals surface area contributed by atoms with Crippen molar-refractivity contribution in [3.8, 4) is 0 Å². The van der Waals surface area contributed by atoms with Crippen molar-refractivity contribution >= 4 is 5.91 Å². The third-order valence-electron chi connectivity index (χ3n) is 5.40. The van der Waals surface area contributed by atoms with Gasteiger partial charge in [0.05, 0.1) is 5.41 Å². The van der Waals surface area contributed by atoms with Crippen LogP contribution in [0.1, 0.15) is 44.1 Å². The molecule has 2 aliphatic rings. The van der Waals surface area contributed by atoms with E-state index in [0.29, 0.717) is 19.0 Å². The summed E-state index contributed by atoms with van der Waals surface area (Å²) in [6.45, 7) is 1.62. The van der Waals surface area contributed by atoms with Crippen molar-refractivity contribution in [1.82, 2.24) is 4.90 Å². The highest BCUT2D eigenvalue weighted by molar-refractivity contribution is 5.88. The number of aliphatic hydroxyl groups is 1. The first-order valence-electron chi connectivity index (χ1n) is 8.32. The fourth-order valence-electron chi connectivity index (χ4n) is 4.01. The van der Waals surface area contributed by atoms with Crippen LogP contribution >= 0.6 is 0 Å². The molecule has 1 heterocycles. The van der Waals surface area contributed by atoms with Crippen molar-refractivity contribution < 1.29 is 14.3 Å². The molecule has 4 heteroatoms. The van der Waals surface area contributed by atoms with E-state index in [-0.39, 0.29) is 18.3 Å². The second-order valence-electron chi connectivity index (χ2n) is 6.72. The molecule has 1 aromatic carbocycles. The summed E-state index contributed by atoms with van der Waals surface area (Å²) in [7, 11) is 0. The van der Waals surface area contributed by atoms with Gasteiger partial charge in [-0.1, -0.05) is 25.0 Å². The van der Waals surface area contributed by atoms with Crippen LogP contribution in [0.2, 0.25) is 0 Å². The number of amides is 1. The lowest BCUT2D eigenvalue weighted by molar-refractivity contribution is -0.139. The lowest BCUT2D eigenvalue weighted by atomic mass is 9.77. The Hall–Kier alpha value is -1.42. The smallest absolute Gasteiger partial charge is 0.233 e. The van der Waals surface area contributed by atoms with Gasteiger partial charge >= 0.3 is 0 Å².